The van der Waals surface area contributed by atoms with Crippen molar-refractivity contribution in [3.05, 3.63) is 16.1 Å². The van der Waals surface area contributed by atoms with Crippen molar-refractivity contribution in [1.29, 1.82) is 0 Å². The summed E-state index contributed by atoms with van der Waals surface area (Å²) in [6.07, 6.45) is 6.00. The Bertz CT molecular complexity index is 321. The lowest BCUT2D eigenvalue weighted by Crippen LogP contribution is -2.23. The minimum atomic E-state index is 0.361. The number of rotatable bonds is 5. The van der Waals surface area contributed by atoms with E-state index >= 15 is 0 Å². The van der Waals surface area contributed by atoms with Crippen molar-refractivity contribution < 1.29 is 4.74 Å². The van der Waals surface area contributed by atoms with Crippen LogP contribution in [-0.4, -0.2) is 24.2 Å². The smallest absolute Gasteiger partial charge is 0.109 e. The summed E-state index contributed by atoms with van der Waals surface area (Å²) in [5.41, 5.74) is 0. The molecule has 0 aromatic carbocycles. The fraction of sp³-hybridized carbons (Fsp3) is 0.750. The Morgan fingerprint density at radius 3 is 3.19 bits per heavy atom. The van der Waals surface area contributed by atoms with Crippen LogP contribution in [0.4, 0.5) is 0 Å². The van der Waals surface area contributed by atoms with Crippen LogP contribution in [0.3, 0.4) is 0 Å². The Labute approximate surface area is 101 Å². The highest BCUT2D eigenvalue weighted by Crippen LogP contribution is 2.19. The van der Waals surface area contributed by atoms with Gasteiger partial charge in [-0.15, -0.1) is 11.3 Å². The maximum absolute atomic E-state index is 5.59. The van der Waals surface area contributed by atoms with Crippen LogP contribution in [0.15, 0.2) is 6.20 Å². The van der Waals surface area contributed by atoms with Gasteiger partial charge in [-0.25, -0.2) is 4.98 Å². The summed E-state index contributed by atoms with van der Waals surface area (Å²) < 4.78 is 5.59. The molecule has 16 heavy (non-hydrogen) atoms. The summed E-state index contributed by atoms with van der Waals surface area (Å²) in [6, 6.07) is 0.361. The Hall–Kier alpha value is -0.450. The molecule has 1 saturated heterocycles. The van der Waals surface area contributed by atoms with Gasteiger partial charge in [0, 0.05) is 17.7 Å². The largest absolute Gasteiger partial charge is 0.378 e. The molecular formula is C12H20N2OS. The topological polar surface area (TPSA) is 34.2 Å². The van der Waals surface area contributed by atoms with Crippen LogP contribution < -0.4 is 5.32 Å². The molecule has 1 aromatic heterocycles. The molecule has 90 valence electrons. The van der Waals surface area contributed by atoms with E-state index in [0.717, 1.165) is 19.6 Å². The lowest BCUT2D eigenvalue weighted by Gasteiger charge is -2.13. The van der Waals surface area contributed by atoms with Crippen LogP contribution in [0.5, 0.6) is 0 Å². The highest BCUT2D eigenvalue weighted by Gasteiger charge is 2.15. The summed E-state index contributed by atoms with van der Waals surface area (Å²) in [5, 5.41) is 4.69. The number of hydrogen-bond donors (Lipinski definition) is 1. The molecule has 1 aromatic rings. The highest BCUT2D eigenvalue weighted by atomic mass is 32.1. The van der Waals surface area contributed by atoms with E-state index in [0.29, 0.717) is 12.1 Å². The van der Waals surface area contributed by atoms with Gasteiger partial charge in [0.2, 0.25) is 0 Å². The van der Waals surface area contributed by atoms with Gasteiger partial charge in [-0.2, -0.15) is 0 Å². The highest BCUT2D eigenvalue weighted by molar-refractivity contribution is 7.11. The van der Waals surface area contributed by atoms with Crippen LogP contribution in [-0.2, 0) is 4.74 Å². The monoisotopic (exact) mass is 240 g/mol. The van der Waals surface area contributed by atoms with E-state index in [9.17, 15) is 0 Å². The lowest BCUT2D eigenvalue weighted by atomic mass is 10.2. The van der Waals surface area contributed by atoms with Gasteiger partial charge in [0.05, 0.1) is 12.1 Å². The van der Waals surface area contributed by atoms with Crippen molar-refractivity contribution in [2.75, 3.05) is 13.2 Å². The number of aromatic nitrogens is 1. The SMILES string of the molecule is Cc1cnc(C(C)NCCC2CCCO2)s1. The molecule has 2 rings (SSSR count). The second kappa shape index (κ2) is 5.75. The summed E-state index contributed by atoms with van der Waals surface area (Å²) >= 11 is 1.77. The van der Waals surface area contributed by atoms with Gasteiger partial charge >= 0.3 is 0 Å². The molecule has 1 fully saturated rings. The minimum absolute atomic E-state index is 0.361. The fourth-order valence-corrected chi connectivity index (χ4v) is 2.79. The van der Waals surface area contributed by atoms with Gasteiger partial charge in [0.1, 0.15) is 5.01 Å². The van der Waals surface area contributed by atoms with E-state index in [-0.39, 0.29) is 0 Å². The molecule has 2 heterocycles. The van der Waals surface area contributed by atoms with Gasteiger partial charge in [-0.1, -0.05) is 0 Å². The van der Waals surface area contributed by atoms with Gasteiger partial charge in [0.25, 0.3) is 0 Å². The Kier molecular flexibility index (Phi) is 4.32. The van der Waals surface area contributed by atoms with E-state index in [1.807, 2.05) is 6.20 Å². The standard InChI is InChI=1S/C12H20N2OS/c1-9-8-14-12(16-9)10(2)13-6-5-11-4-3-7-15-11/h8,10-11,13H,3-7H2,1-2H3. The van der Waals surface area contributed by atoms with Crippen molar-refractivity contribution >= 4 is 11.3 Å². The van der Waals surface area contributed by atoms with Gasteiger partial charge in [-0.05, 0) is 39.7 Å². The van der Waals surface area contributed by atoms with Crippen molar-refractivity contribution in [1.82, 2.24) is 10.3 Å². The zero-order valence-corrected chi connectivity index (χ0v) is 10.8. The Balaban J connectivity index is 1.69. The minimum Gasteiger partial charge on any atom is -0.378 e. The van der Waals surface area contributed by atoms with E-state index in [2.05, 4.69) is 24.1 Å². The third kappa shape index (κ3) is 3.27. The van der Waals surface area contributed by atoms with E-state index < -0.39 is 0 Å². The summed E-state index contributed by atoms with van der Waals surface area (Å²) in [5.74, 6) is 0. The van der Waals surface area contributed by atoms with Crippen LogP contribution >= 0.6 is 11.3 Å². The molecule has 0 bridgehead atoms. The van der Waals surface area contributed by atoms with Crippen molar-refractivity contribution in [2.45, 2.75) is 45.3 Å². The molecule has 0 aliphatic carbocycles. The molecule has 3 nitrogen and oxygen atoms in total. The number of thiazole rings is 1. The molecule has 0 amide bonds. The van der Waals surface area contributed by atoms with E-state index in [1.54, 1.807) is 11.3 Å². The number of ether oxygens (including phenoxy) is 1. The predicted octanol–water partition coefficient (Wildman–Crippen LogP) is 2.67. The van der Waals surface area contributed by atoms with Gasteiger partial charge in [-0.3, -0.25) is 0 Å². The second-order valence-corrected chi connectivity index (χ2v) is 5.68. The maximum atomic E-state index is 5.59. The molecule has 2 atom stereocenters. The molecule has 2 unspecified atom stereocenters. The van der Waals surface area contributed by atoms with Gasteiger partial charge < -0.3 is 10.1 Å². The average Bonchev–Trinajstić information content (AvgIpc) is 2.89. The zero-order valence-electron chi connectivity index (χ0n) is 10.0. The first-order valence-corrected chi connectivity index (χ1v) is 6.84. The first kappa shape index (κ1) is 12.0. The average molecular weight is 240 g/mol. The first-order valence-electron chi connectivity index (χ1n) is 6.03. The van der Waals surface area contributed by atoms with Gasteiger partial charge in [0.15, 0.2) is 0 Å². The molecule has 0 radical (unpaired) electrons. The van der Waals surface area contributed by atoms with E-state index in [1.165, 1.54) is 22.7 Å². The molecule has 4 heteroatoms. The molecule has 0 spiro atoms. The molecule has 1 N–H and O–H groups in total. The molecule has 1 aliphatic heterocycles. The third-order valence-electron chi connectivity index (χ3n) is 2.95. The molecule has 0 saturated carbocycles. The fourth-order valence-electron chi connectivity index (χ4n) is 1.99. The summed E-state index contributed by atoms with van der Waals surface area (Å²) in [7, 11) is 0. The third-order valence-corrected chi connectivity index (χ3v) is 4.05. The number of nitrogens with one attached hydrogen (secondary N) is 1. The van der Waals surface area contributed by atoms with Crippen LogP contribution in [0.2, 0.25) is 0 Å². The number of hydrogen-bond acceptors (Lipinski definition) is 4. The quantitative estimate of drug-likeness (QED) is 0.859. The predicted molar refractivity (Wildman–Crippen MR) is 66.9 cm³/mol. The molecule has 1 aliphatic rings. The zero-order chi connectivity index (χ0) is 11.4. The van der Waals surface area contributed by atoms with Crippen LogP contribution in [0.25, 0.3) is 0 Å². The first-order chi connectivity index (χ1) is 7.75. The van der Waals surface area contributed by atoms with E-state index in [4.69, 9.17) is 4.74 Å². The van der Waals surface area contributed by atoms with Crippen molar-refractivity contribution in [3.63, 3.8) is 0 Å². The maximum Gasteiger partial charge on any atom is 0.109 e. The normalized spacial score (nSPS) is 22.5. The van der Waals surface area contributed by atoms with Crippen molar-refractivity contribution in [3.8, 4) is 0 Å². The molecular weight excluding hydrogens is 220 g/mol. The number of aryl methyl sites for hydroxylation is 1. The summed E-state index contributed by atoms with van der Waals surface area (Å²) in [6.45, 7) is 6.24. The second-order valence-electron chi connectivity index (χ2n) is 4.41. The van der Waals surface area contributed by atoms with Crippen molar-refractivity contribution in [2.24, 2.45) is 0 Å². The Morgan fingerprint density at radius 1 is 1.69 bits per heavy atom. The lowest BCUT2D eigenvalue weighted by molar-refractivity contribution is 0.103. The van der Waals surface area contributed by atoms with Crippen LogP contribution in [0, 0.1) is 6.92 Å². The summed E-state index contributed by atoms with van der Waals surface area (Å²) in [4.78, 5) is 5.67. The number of nitrogens with zero attached hydrogens (tertiary/aromatic N) is 1. The Morgan fingerprint density at radius 2 is 2.56 bits per heavy atom. The van der Waals surface area contributed by atoms with Crippen LogP contribution in [0.1, 0.15) is 42.1 Å².